The van der Waals surface area contributed by atoms with Crippen LogP contribution in [0.1, 0.15) is 32.8 Å². The molecule has 0 spiro atoms. The van der Waals surface area contributed by atoms with Crippen LogP contribution in [-0.4, -0.2) is 23.6 Å². The third-order valence-electron chi connectivity index (χ3n) is 3.07. The Kier molecular flexibility index (Phi) is 7.80. The Labute approximate surface area is 121 Å². The predicted octanol–water partition coefficient (Wildman–Crippen LogP) is 4.39. The van der Waals surface area contributed by atoms with Gasteiger partial charge in [-0.1, -0.05) is 50.6 Å². The van der Waals surface area contributed by atoms with Gasteiger partial charge in [-0.3, -0.25) is 0 Å². The van der Waals surface area contributed by atoms with Crippen LogP contribution in [0.3, 0.4) is 0 Å². The molecule has 2 atom stereocenters. The largest absolute Gasteiger partial charge is 0.313 e. The van der Waals surface area contributed by atoms with Gasteiger partial charge in [-0.2, -0.15) is 11.8 Å². The molecule has 1 aromatic carbocycles. The highest BCUT2D eigenvalue weighted by molar-refractivity contribution is 7.99. The highest BCUT2D eigenvalue weighted by Crippen LogP contribution is 2.20. The molecule has 2 unspecified atom stereocenters. The number of halogens is 1. The summed E-state index contributed by atoms with van der Waals surface area (Å²) in [5, 5.41) is 5.18. The molecule has 1 nitrogen and oxygen atoms in total. The second-order valence-corrected chi connectivity index (χ2v) is 6.48. The topological polar surface area (TPSA) is 12.0 Å². The summed E-state index contributed by atoms with van der Waals surface area (Å²) in [5.74, 6) is 1.15. The third kappa shape index (κ3) is 5.64. The Hall–Kier alpha value is -0.180. The van der Waals surface area contributed by atoms with E-state index in [0.717, 1.165) is 29.0 Å². The molecule has 0 amide bonds. The van der Waals surface area contributed by atoms with Crippen molar-refractivity contribution in [3.63, 3.8) is 0 Å². The summed E-state index contributed by atoms with van der Waals surface area (Å²) in [5.41, 5.74) is 1.25. The van der Waals surface area contributed by atoms with Crippen LogP contribution in [0.2, 0.25) is 5.02 Å². The number of benzene rings is 1. The van der Waals surface area contributed by atoms with Crippen LogP contribution in [0.15, 0.2) is 24.3 Å². The first-order valence-corrected chi connectivity index (χ1v) is 8.18. The fourth-order valence-electron chi connectivity index (χ4n) is 1.81. The van der Waals surface area contributed by atoms with Crippen LogP contribution >= 0.6 is 23.4 Å². The van der Waals surface area contributed by atoms with Gasteiger partial charge >= 0.3 is 0 Å². The fourth-order valence-corrected chi connectivity index (χ4v) is 3.05. The number of hydrogen-bond donors (Lipinski definition) is 1. The molecular formula is C15H24ClNS. The van der Waals surface area contributed by atoms with Crippen LogP contribution < -0.4 is 5.32 Å². The molecule has 0 saturated carbocycles. The summed E-state index contributed by atoms with van der Waals surface area (Å²) in [7, 11) is 0. The molecule has 102 valence electrons. The second-order valence-electron chi connectivity index (χ2n) is 4.60. The molecule has 0 aliphatic heterocycles. The van der Waals surface area contributed by atoms with E-state index in [0.29, 0.717) is 6.04 Å². The summed E-state index contributed by atoms with van der Waals surface area (Å²) in [4.78, 5) is 0. The predicted molar refractivity (Wildman–Crippen MR) is 84.8 cm³/mol. The summed E-state index contributed by atoms with van der Waals surface area (Å²) in [6.07, 6.45) is 2.24. The lowest BCUT2D eigenvalue weighted by atomic mass is 10.1. The molecule has 0 aliphatic carbocycles. The maximum Gasteiger partial charge on any atom is 0.0438 e. The van der Waals surface area contributed by atoms with Gasteiger partial charge in [-0.25, -0.2) is 0 Å². The van der Waals surface area contributed by atoms with Crippen LogP contribution in [0.25, 0.3) is 0 Å². The summed E-state index contributed by atoms with van der Waals surface area (Å²) in [6, 6.07) is 8.66. The number of nitrogens with one attached hydrogen (secondary N) is 1. The lowest BCUT2D eigenvalue weighted by Gasteiger charge is -2.20. The standard InChI is InChI=1S/C15H24ClNS/c1-4-12(3)18-11-14(17-5-2)10-13-8-6-7-9-15(13)16/h6-9,12,14,17H,4-5,10-11H2,1-3H3. The van der Waals surface area contributed by atoms with Gasteiger partial charge < -0.3 is 5.32 Å². The molecule has 0 aromatic heterocycles. The zero-order valence-electron chi connectivity index (χ0n) is 11.6. The maximum absolute atomic E-state index is 6.22. The van der Waals surface area contributed by atoms with E-state index in [1.807, 2.05) is 23.9 Å². The first-order valence-electron chi connectivity index (χ1n) is 6.75. The number of thioether (sulfide) groups is 1. The third-order valence-corrected chi connectivity index (χ3v) is 4.94. The summed E-state index contributed by atoms with van der Waals surface area (Å²) >= 11 is 8.27. The van der Waals surface area contributed by atoms with Crippen molar-refractivity contribution in [2.75, 3.05) is 12.3 Å². The molecule has 0 bridgehead atoms. The lowest BCUT2D eigenvalue weighted by molar-refractivity contribution is 0.572. The number of hydrogen-bond acceptors (Lipinski definition) is 2. The second kappa shape index (κ2) is 8.84. The van der Waals surface area contributed by atoms with Crippen molar-refractivity contribution in [2.24, 2.45) is 0 Å². The SMILES string of the molecule is CCNC(CSC(C)CC)Cc1ccccc1Cl. The minimum Gasteiger partial charge on any atom is -0.313 e. The Morgan fingerprint density at radius 2 is 2.00 bits per heavy atom. The van der Waals surface area contributed by atoms with E-state index >= 15 is 0 Å². The van der Waals surface area contributed by atoms with Crippen molar-refractivity contribution >= 4 is 23.4 Å². The zero-order valence-corrected chi connectivity index (χ0v) is 13.2. The lowest BCUT2D eigenvalue weighted by Crippen LogP contribution is -2.33. The van der Waals surface area contributed by atoms with Gasteiger partial charge in [0.15, 0.2) is 0 Å². The van der Waals surface area contributed by atoms with E-state index < -0.39 is 0 Å². The molecule has 18 heavy (non-hydrogen) atoms. The van der Waals surface area contributed by atoms with Gasteiger partial charge in [0.2, 0.25) is 0 Å². The van der Waals surface area contributed by atoms with Gasteiger partial charge in [0, 0.05) is 22.1 Å². The van der Waals surface area contributed by atoms with Crippen LogP contribution in [0.4, 0.5) is 0 Å². The Balaban J connectivity index is 2.54. The van der Waals surface area contributed by atoms with Crippen molar-refractivity contribution in [2.45, 2.75) is 44.9 Å². The fraction of sp³-hybridized carbons (Fsp3) is 0.600. The van der Waals surface area contributed by atoms with Crippen molar-refractivity contribution < 1.29 is 0 Å². The van der Waals surface area contributed by atoms with Gasteiger partial charge in [0.05, 0.1) is 0 Å². The van der Waals surface area contributed by atoms with Crippen molar-refractivity contribution in [3.05, 3.63) is 34.9 Å². The Morgan fingerprint density at radius 1 is 1.28 bits per heavy atom. The van der Waals surface area contributed by atoms with Crippen LogP contribution in [0.5, 0.6) is 0 Å². The highest BCUT2D eigenvalue weighted by atomic mass is 35.5. The molecule has 1 N–H and O–H groups in total. The monoisotopic (exact) mass is 285 g/mol. The van der Waals surface area contributed by atoms with E-state index in [-0.39, 0.29) is 0 Å². The summed E-state index contributed by atoms with van der Waals surface area (Å²) < 4.78 is 0. The van der Waals surface area contributed by atoms with Crippen molar-refractivity contribution in [1.29, 1.82) is 0 Å². The van der Waals surface area contributed by atoms with E-state index in [2.05, 4.69) is 38.2 Å². The van der Waals surface area contributed by atoms with E-state index in [1.165, 1.54) is 12.0 Å². The van der Waals surface area contributed by atoms with Crippen molar-refractivity contribution in [1.82, 2.24) is 5.32 Å². The zero-order chi connectivity index (χ0) is 13.4. The first-order chi connectivity index (χ1) is 8.67. The molecule has 0 saturated heterocycles. The average molecular weight is 286 g/mol. The minimum atomic E-state index is 0.508. The van der Waals surface area contributed by atoms with Gasteiger partial charge in [0.25, 0.3) is 0 Å². The van der Waals surface area contributed by atoms with Gasteiger partial charge in [0.1, 0.15) is 0 Å². The van der Waals surface area contributed by atoms with Crippen molar-refractivity contribution in [3.8, 4) is 0 Å². The molecular weight excluding hydrogens is 262 g/mol. The number of rotatable bonds is 8. The normalized spacial score (nSPS) is 14.4. The average Bonchev–Trinajstić information content (AvgIpc) is 2.38. The van der Waals surface area contributed by atoms with Crippen LogP contribution in [0, 0.1) is 0 Å². The van der Waals surface area contributed by atoms with E-state index in [4.69, 9.17) is 11.6 Å². The van der Waals surface area contributed by atoms with Gasteiger partial charge in [-0.15, -0.1) is 0 Å². The quantitative estimate of drug-likeness (QED) is 0.760. The van der Waals surface area contributed by atoms with Gasteiger partial charge in [-0.05, 0) is 31.0 Å². The summed E-state index contributed by atoms with van der Waals surface area (Å²) in [6.45, 7) is 7.71. The molecule has 0 heterocycles. The molecule has 0 radical (unpaired) electrons. The number of likely N-dealkylation sites (N-methyl/N-ethyl adjacent to an activating group) is 1. The highest BCUT2D eigenvalue weighted by Gasteiger charge is 2.12. The minimum absolute atomic E-state index is 0.508. The van der Waals surface area contributed by atoms with Crippen LogP contribution in [-0.2, 0) is 6.42 Å². The first kappa shape index (κ1) is 15.9. The molecule has 0 fully saturated rings. The Morgan fingerprint density at radius 3 is 2.61 bits per heavy atom. The van der Waals surface area contributed by atoms with E-state index in [1.54, 1.807) is 0 Å². The maximum atomic E-state index is 6.22. The van der Waals surface area contributed by atoms with E-state index in [9.17, 15) is 0 Å². The smallest absolute Gasteiger partial charge is 0.0438 e. The Bertz CT molecular complexity index is 343. The molecule has 1 aromatic rings. The molecule has 1 rings (SSSR count). The molecule has 0 aliphatic rings. The molecule has 3 heteroatoms.